The van der Waals surface area contributed by atoms with E-state index < -0.39 is 0 Å². The lowest BCUT2D eigenvalue weighted by Crippen LogP contribution is -2.22. The van der Waals surface area contributed by atoms with Gasteiger partial charge in [-0.3, -0.25) is 9.78 Å². The average Bonchev–Trinajstić information content (AvgIpc) is 2.73. The third-order valence-electron chi connectivity index (χ3n) is 3.39. The lowest BCUT2D eigenvalue weighted by molar-refractivity contribution is -0.121. The number of ether oxygens (including phenoxy) is 1. The predicted molar refractivity (Wildman–Crippen MR) is 53.3 cm³/mol. The Morgan fingerprint density at radius 1 is 1.53 bits per heavy atom. The molecular formula is C11H12N2O2. The second kappa shape index (κ2) is 2.95. The van der Waals surface area contributed by atoms with E-state index in [9.17, 15) is 4.79 Å². The molecule has 1 fully saturated rings. The van der Waals surface area contributed by atoms with Gasteiger partial charge in [0.15, 0.2) is 0 Å². The number of amides is 1. The first kappa shape index (κ1) is 8.71. The van der Waals surface area contributed by atoms with E-state index in [0.29, 0.717) is 5.92 Å². The molecule has 2 heterocycles. The number of carbonyl (C=O) groups is 1. The van der Waals surface area contributed by atoms with E-state index in [4.69, 9.17) is 10.5 Å². The second-order valence-corrected chi connectivity index (χ2v) is 4.25. The van der Waals surface area contributed by atoms with E-state index in [0.717, 1.165) is 24.2 Å². The Labute approximate surface area is 87.4 Å². The Morgan fingerprint density at radius 3 is 3.20 bits per heavy atom. The summed E-state index contributed by atoms with van der Waals surface area (Å²) in [6, 6.07) is 1.88. The van der Waals surface area contributed by atoms with Crippen LogP contribution in [0.1, 0.15) is 24.3 Å². The van der Waals surface area contributed by atoms with Gasteiger partial charge >= 0.3 is 0 Å². The Morgan fingerprint density at radius 2 is 2.40 bits per heavy atom. The molecule has 1 aromatic rings. The maximum atomic E-state index is 11.1. The minimum absolute atomic E-state index is 0.0339. The Bertz CT molecular complexity index is 419. The topological polar surface area (TPSA) is 65.2 Å². The fourth-order valence-electron chi connectivity index (χ4n) is 2.63. The van der Waals surface area contributed by atoms with Crippen molar-refractivity contribution >= 4 is 5.91 Å². The van der Waals surface area contributed by atoms with Crippen molar-refractivity contribution in [2.45, 2.75) is 24.9 Å². The number of hydrogen-bond donors (Lipinski definition) is 1. The zero-order valence-electron chi connectivity index (χ0n) is 8.22. The average molecular weight is 204 g/mol. The van der Waals surface area contributed by atoms with Crippen LogP contribution in [0.2, 0.25) is 0 Å². The van der Waals surface area contributed by atoms with Crippen LogP contribution in [0.25, 0.3) is 0 Å². The van der Waals surface area contributed by atoms with Gasteiger partial charge in [0.1, 0.15) is 11.9 Å². The molecule has 2 N–H and O–H groups in total. The number of aromatic nitrogens is 1. The normalized spacial score (nSPS) is 31.9. The Balaban J connectivity index is 1.91. The zero-order valence-corrected chi connectivity index (χ0v) is 8.22. The van der Waals surface area contributed by atoms with Crippen molar-refractivity contribution < 1.29 is 9.53 Å². The van der Waals surface area contributed by atoms with Gasteiger partial charge in [0.05, 0.1) is 0 Å². The van der Waals surface area contributed by atoms with Crippen molar-refractivity contribution in [1.82, 2.24) is 4.98 Å². The molecule has 0 bridgehead atoms. The van der Waals surface area contributed by atoms with Crippen molar-refractivity contribution in [2.75, 3.05) is 0 Å². The zero-order chi connectivity index (χ0) is 10.4. The highest BCUT2D eigenvalue weighted by Crippen LogP contribution is 2.48. The summed E-state index contributed by atoms with van der Waals surface area (Å²) in [5.41, 5.74) is 6.44. The van der Waals surface area contributed by atoms with Gasteiger partial charge in [-0.05, 0) is 18.9 Å². The molecule has 78 valence electrons. The monoisotopic (exact) mass is 204 g/mol. The van der Waals surface area contributed by atoms with Gasteiger partial charge in [-0.25, -0.2) is 0 Å². The number of hydrogen-bond acceptors (Lipinski definition) is 3. The summed E-state index contributed by atoms with van der Waals surface area (Å²) in [5.74, 6) is 0.987. The molecule has 15 heavy (non-hydrogen) atoms. The van der Waals surface area contributed by atoms with Crippen molar-refractivity contribution in [2.24, 2.45) is 11.7 Å². The summed E-state index contributed by atoms with van der Waals surface area (Å²) in [6.45, 7) is 0. The third kappa shape index (κ3) is 1.21. The summed E-state index contributed by atoms with van der Waals surface area (Å²) in [6.07, 6.45) is 5.24. The first-order valence-electron chi connectivity index (χ1n) is 5.15. The quantitative estimate of drug-likeness (QED) is 0.736. The molecule has 0 saturated heterocycles. The number of primary amides is 1. The van der Waals surface area contributed by atoms with Crippen LogP contribution >= 0.6 is 0 Å². The van der Waals surface area contributed by atoms with Crippen LogP contribution in [-0.4, -0.2) is 17.0 Å². The molecule has 2 aliphatic rings. The van der Waals surface area contributed by atoms with Crippen molar-refractivity contribution in [3.63, 3.8) is 0 Å². The van der Waals surface area contributed by atoms with Crippen LogP contribution < -0.4 is 10.5 Å². The molecule has 3 unspecified atom stereocenters. The largest absolute Gasteiger partial charge is 0.489 e. The number of nitrogens with two attached hydrogens (primary N) is 1. The molecule has 3 atom stereocenters. The minimum Gasteiger partial charge on any atom is -0.489 e. The Hall–Kier alpha value is -1.58. The fraction of sp³-hybridized carbons (Fsp3) is 0.455. The smallest absolute Gasteiger partial charge is 0.220 e. The van der Waals surface area contributed by atoms with Crippen LogP contribution in [0.3, 0.4) is 0 Å². The number of fused-ring (bicyclic) bond motifs is 3. The van der Waals surface area contributed by atoms with Gasteiger partial charge < -0.3 is 10.5 Å². The molecule has 0 aromatic carbocycles. The highest BCUT2D eigenvalue weighted by atomic mass is 16.5. The standard InChI is InChI=1S/C11H12N2O2/c12-11(14)6-3-7-8-5-13-2-1-9(8)15-10(7)4-6/h1-2,5-7,10H,3-4H2,(H2,12,14). The van der Waals surface area contributed by atoms with Crippen molar-refractivity contribution in [3.8, 4) is 5.75 Å². The van der Waals surface area contributed by atoms with E-state index in [2.05, 4.69) is 4.98 Å². The van der Waals surface area contributed by atoms with E-state index in [1.165, 1.54) is 0 Å². The molecule has 1 saturated carbocycles. The summed E-state index contributed by atoms with van der Waals surface area (Å²) in [5, 5.41) is 0. The van der Waals surface area contributed by atoms with E-state index in [-0.39, 0.29) is 17.9 Å². The Kier molecular flexibility index (Phi) is 1.71. The molecule has 1 aliphatic heterocycles. The van der Waals surface area contributed by atoms with E-state index in [1.807, 2.05) is 12.3 Å². The summed E-state index contributed by atoms with van der Waals surface area (Å²) < 4.78 is 5.76. The summed E-state index contributed by atoms with van der Waals surface area (Å²) >= 11 is 0. The highest BCUT2D eigenvalue weighted by molar-refractivity contribution is 5.77. The van der Waals surface area contributed by atoms with Crippen molar-refractivity contribution in [1.29, 1.82) is 0 Å². The van der Waals surface area contributed by atoms with Gasteiger partial charge in [-0.2, -0.15) is 0 Å². The number of carbonyl (C=O) groups excluding carboxylic acids is 1. The van der Waals surface area contributed by atoms with Gasteiger partial charge in [0.25, 0.3) is 0 Å². The minimum atomic E-state index is -0.210. The molecule has 4 heteroatoms. The maximum Gasteiger partial charge on any atom is 0.220 e. The fourth-order valence-corrected chi connectivity index (χ4v) is 2.63. The third-order valence-corrected chi connectivity index (χ3v) is 3.39. The molecule has 1 amide bonds. The van der Waals surface area contributed by atoms with Crippen LogP contribution in [0.15, 0.2) is 18.5 Å². The van der Waals surface area contributed by atoms with Crippen LogP contribution in [-0.2, 0) is 4.79 Å². The predicted octanol–water partition coefficient (Wildman–Crippen LogP) is 0.821. The maximum absolute atomic E-state index is 11.1. The SMILES string of the molecule is NC(=O)C1CC2Oc3ccncc3C2C1. The highest BCUT2D eigenvalue weighted by Gasteiger charge is 2.44. The van der Waals surface area contributed by atoms with Gasteiger partial charge in [-0.1, -0.05) is 0 Å². The molecule has 3 rings (SSSR count). The van der Waals surface area contributed by atoms with Gasteiger partial charge in [0, 0.05) is 29.8 Å². The molecule has 0 spiro atoms. The summed E-state index contributed by atoms with van der Waals surface area (Å²) in [7, 11) is 0. The van der Waals surface area contributed by atoms with Gasteiger partial charge in [-0.15, -0.1) is 0 Å². The van der Waals surface area contributed by atoms with Crippen LogP contribution in [0.5, 0.6) is 5.75 Å². The molecule has 1 aliphatic carbocycles. The number of pyridine rings is 1. The number of nitrogens with zero attached hydrogens (tertiary/aromatic N) is 1. The molecule has 1 aromatic heterocycles. The number of rotatable bonds is 1. The molecule has 4 nitrogen and oxygen atoms in total. The van der Waals surface area contributed by atoms with Gasteiger partial charge in [0.2, 0.25) is 5.91 Å². The first-order valence-corrected chi connectivity index (χ1v) is 5.15. The molecule has 0 radical (unpaired) electrons. The van der Waals surface area contributed by atoms with Crippen LogP contribution in [0, 0.1) is 5.92 Å². The lowest BCUT2D eigenvalue weighted by atomic mass is 9.98. The van der Waals surface area contributed by atoms with Crippen LogP contribution in [0.4, 0.5) is 0 Å². The lowest BCUT2D eigenvalue weighted by Gasteiger charge is -2.07. The first-order chi connectivity index (χ1) is 7.25. The van der Waals surface area contributed by atoms with E-state index >= 15 is 0 Å². The van der Waals surface area contributed by atoms with Crippen molar-refractivity contribution in [3.05, 3.63) is 24.0 Å². The summed E-state index contributed by atoms with van der Waals surface area (Å²) in [4.78, 5) is 15.2. The van der Waals surface area contributed by atoms with E-state index in [1.54, 1.807) is 6.20 Å². The second-order valence-electron chi connectivity index (χ2n) is 4.25. The molecular weight excluding hydrogens is 192 g/mol.